The lowest BCUT2D eigenvalue weighted by molar-refractivity contribution is -0.117. The zero-order chi connectivity index (χ0) is 29.1. The molecule has 1 atom stereocenters. The molecule has 3 aromatic rings. The van der Waals surface area contributed by atoms with Gasteiger partial charge in [0.25, 0.3) is 0 Å². The highest BCUT2D eigenvalue weighted by Gasteiger charge is 2.21. The van der Waals surface area contributed by atoms with E-state index in [1.807, 2.05) is 48.5 Å². The molecule has 7 nitrogen and oxygen atoms in total. The normalized spacial score (nSPS) is 12.0. The second-order valence-electron chi connectivity index (χ2n) is 10.0. The molecular formula is C31H33BrClN3O4. The van der Waals surface area contributed by atoms with Gasteiger partial charge in [-0.3, -0.25) is 14.9 Å². The first-order chi connectivity index (χ1) is 19.0. The van der Waals surface area contributed by atoms with Crippen LogP contribution in [0.5, 0.6) is 0 Å². The number of rotatable bonds is 10. The monoisotopic (exact) mass is 625 g/mol. The van der Waals surface area contributed by atoms with Crippen molar-refractivity contribution in [3.05, 3.63) is 94.5 Å². The zero-order valence-corrected chi connectivity index (χ0v) is 25.0. The molecule has 0 bridgehead atoms. The zero-order valence-electron chi connectivity index (χ0n) is 22.7. The lowest BCUT2D eigenvalue weighted by atomic mass is 9.92. The minimum absolute atomic E-state index is 0.103. The van der Waals surface area contributed by atoms with E-state index in [2.05, 4.69) is 31.9 Å². The van der Waals surface area contributed by atoms with Gasteiger partial charge in [-0.25, -0.2) is 4.79 Å². The molecule has 0 fully saturated rings. The van der Waals surface area contributed by atoms with Crippen molar-refractivity contribution in [3.63, 3.8) is 0 Å². The van der Waals surface area contributed by atoms with E-state index in [0.717, 1.165) is 21.3 Å². The van der Waals surface area contributed by atoms with E-state index in [0.29, 0.717) is 30.1 Å². The highest BCUT2D eigenvalue weighted by Crippen LogP contribution is 2.26. The van der Waals surface area contributed by atoms with Gasteiger partial charge in [0, 0.05) is 22.1 Å². The molecule has 0 aliphatic rings. The molecule has 0 spiro atoms. The number of hydrogen-bond donors (Lipinski definition) is 3. The first-order valence-corrected chi connectivity index (χ1v) is 14.2. The number of para-hydroxylation sites is 2. The summed E-state index contributed by atoms with van der Waals surface area (Å²) in [5.41, 5.74) is 2.60. The van der Waals surface area contributed by atoms with Gasteiger partial charge in [-0.05, 0) is 87.2 Å². The molecule has 0 aliphatic heterocycles. The van der Waals surface area contributed by atoms with E-state index < -0.39 is 11.7 Å². The van der Waals surface area contributed by atoms with Crippen molar-refractivity contribution >= 4 is 68.6 Å². The van der Waals surface area contributed by atoms with E-state index in [-0.39, 0.29) is 17.7 Å². The molecule has 0 radical (unpaired) electrons. The molecule has 3 N–H and O–H groups in total. The summed E-state index contributed by atoms with van der Waals surface area (Å²) in [5.74, 6) is -0.364. The van der Waals surface area contributed by atoms with Crippen LogP contribution in [0, 0.1) is 0 Å². The second-order valence-corrected chi connectivity index (χ2v) is 11.3. The number of benzene rings is 3. The second kappa shape index (κ2) is 14.7. The van der Waals surface area contributed by atoms with Gasteiger partial charge in [0.15, 0.2) is 0 Å². The Morgan fingerprint density at radius 3 is 2.12 bits per heavy atom. The van der Waals surface area contributed by atoms with Crippen LogP contribution in [-0.2, 0) is 14.3 Å². The maximum Gasteiger partial charge on any atom is 0.412 e. The number of halogens is 2. The fourth-order valence-electron chi connectivity index (χ4n) is 3.79. The highest BCUT2D eigenvalue weighted by atomic mass is 79.9. The summed E-state index contributed by atoms with van der Waals surface area (Å²) in [7, 11) is 0. The molecule has 0 aliphatic carbocycles. The van der Waals surface area contributed by atoms with Crippen LogP contribution >= 0.6 is 27.5 Å². The van der Waals surface area contributed by atoms with Crippen molar-refractivity contribution in [1.29, 1.82) is 0 Å². The van der Waals surface area contributed by atoms with Crippen molar-refractivity contribution in [2.45, 2.75) is 45.1 Å². The van der Waals surface area contributed by atoms with Crippen molar-refractivity contribution < 1.29 is 19.1 Å². The summed E-state index contributed by atoms with van der Waals surface area (Å²) >= 11 is 9.32. The minimum atomic E-state index is -0.645. The van der Waals surface area contributed by atoms with Gasteiger partial charge in [0.2, 0.25) is 11.8 Å². The van der Waals surface area contributed by atoms with Crippen LogP contribution in [0.4, 0.5) is 21.9 Å². The van der Waals surface area contributed by atoms with Gasteiger partial charge >= 0.3 is 6.09 Å². The summed E-state index contributed by atoms with van der Waals surface area (Å²) in [6.07, 6.45) is 3.79. The molecule has 0 aromatic heterocycles. The summed E-state index contributed by atoms with van der Waals surface area (Å²) in [5, 5.41) is 8.42. The minimum Gasteiger partial charge on any atom is -0.444 e. The molecule has 0 saturated heterocycles. The molecule has 0 heterocycles. The number of nitrogens with one attached hydrogen (secondary N) is 3. The fraction of sp³-hybridized carbons (Fsp3) is 0.258. The van der Waals surface area contributed by atoms with Crippen molar-refractivity contribution in [2.24, 2.45) is 0 Å². The lowest BCUT2D eigenvalue weighted by Gasteiger charge is -2.20. The Hall–Kier alpha value is -3.62. The number of carbonyl (C=O) groups is 3. The lowest BCUT2D eigenvalue weighted by Crippen LogP contribution is -2.27. The summed E-state index contributed by atoms with van der Waals surface area (Å²) < 4.78 is 6.23. The number of amides is 3. The third-order valence-electron chi connectivity index (χ3n) is 5.64. The summed E-state index contributed by atoms with van der Waals surface area (Å²) in [6, 6.07) is 21.8. The molecule has 3 rings (SSSR count). The fourth-order valence-corrected chi connectivity index (χ4v) is 4.21. The van der Waals surface area contributed by atoms with Crippen LogP contribution in [0.2, 0.25) is 0 Å². The van der Waals surface area contributed by atoms with Crippen LogP contribution < -0.4 is 16.0 Å². The van der Waals surface area contributed by atoms with E-state index in [4.69, 9.17) is 16.3 Å². The Morgan fingerprint density at radius 1 is 0.900 bits per heavy atom. The van der Waals surface area contributed by atoms with Crippen molar-refractivity contribution in [1.82, 2.24) is 0 Å². The summed E-state index contributed by atoms with van der Waals surface area (Å²) in [6.45, 7) is 5.32. The molecule has 40 heavy (non-hydrogen) atoms. The average Bonchev–Trinajstić information content (AvgIpc) is 2.90. The third kappa shape index (κ3) is 10.2. The molecule has 9 heteroatoms. The predicted molar refractivity (Wildman–Crippen MR) is 166 cm³/mol. The van der Waals surface area contributed by atoms with E-state index in [9.17, 15) is 14.4 Å². The highest BCUT2D eigenvalue weighted by molar-refractivity contribution is 9.10. The third-order valence-corrected chi connectivity index (χ3v) is 6.44. The number of carbonyl (C=O) groups excluding carboxylic acids is 3. The number of anilines is 3. The molecule has 3 amide bonds. The number of alkyl halides is 1. The molecule has 210 valence electrons. The van der Waals surface area contributed by atoms with Gasteiger partial charge < -0.3 is 15.4 Å². The maximum absolute atomic E-state index is 13.1. The number of ether oxygens (including phenoxy) is 1. The molecule has 0 saturated carbocycles. The topological polar surface area (TPSA) is 96.5 Å². The average molecular weight is 627 g/mol. The van der Waals surface area contributed by atoms with Crippen molar-refractivity contribution in [2.75, 3.05) is 21.8 Å². The van der Waals surface area contributed by atoms with Gasteiger partial charge in [0.1, 0.15) is 5.60 Å². The smallest absolute Gasteiger partial charge is 0.412 e. The molecular weight excluding hydrogens is 594 g/mol. The van der Waals surface area contributed by atoms with Gasteiger partial charge in [-0.15, -0.1) is 11.6 Å². The Bertz CT molecular complexity index is 1340. The quantitative estimate of drug-likeness (QED) is 0.156. The van der Waals surface area contributed by atoms with Gasteiger partial charge in [-0.2, -0.15) is 0 Å². The SMILES string of the molecule is CC(C)(C)OC(=O)Nc1ccccc1NC(=O)C=Cc1ccc(C(CCCCl)C(=O)Nc2ccc(Br)cc2)cc1. The van der Waals surface area contributed by atoms with Crippen LogP contribution in [-0.4, -0.2) is 29.4 Å². The van der Waals surface area contributed by atoms with Crippen molar-refractivity contribution in [3.8, 4) is 0 Å². The largest absolute Gasteiger partial charge is 0.444 e. The standard InChI is InChI=1S/C31H33BrClN3O4/c1-31(2,3)40-30(39)36-27-9-5-4-8-26(27)35-28(37)19-12-21-10-13-22(14-11-21)25(7-6-20-33)29(38)34-24-17-15-23(32)16-18-24/h4-5,8-19,25H,6-7,20H2,1-3H3,(H,34,38)(H,35,37)(H,36,39). The first-order valence-electron chi connectivity index (χ1n) is 12.8. The number of hydrogen-bond acceptors (Lipinski definition) is 4. The van der Waals surface area contributed by atoms with E-state index >= 15 is 0 Å². The Kier molecular flexibility index (Phi) is 11.3. The van der Waals surface area contributed by atoms with Crippen LogP contribution in [0.3, 0.4) is 0 Å². The van der Waals surface area contributed by atoms with Gasteiger partial charge in [0.05, 0.1) is 17.3 Å². The molecule has 1 unspecified atom stereocenters. The van der Waals surface area contributed by atoms with Gasteiger partial charge in [-0.1, -0.05) is 52.3 Å². The Balaban J connectivity index is 1.65. The maximum atomic E-state index is 13.1. The molecule has 3 aromatic carbocycles. The Labute approximate surface area is 248 Å². The first kappa shape index (κ1) is 30.9. The van der Waals surface area contributed by atoms with E-state index in [1.54, 1.807) is 51.1 Å². The van der Waals surface area contributed by atoms with Crippen LogP contribution in [0.15, 0.2) is 83.3 Å². The van der Waals surface area contributed by atoms with Crippen LogP contribution in [0.1, 0.15) is 50.7 Å². The van der Waals surface area contributed by atoms with E-state index in [1.165, 1.54) is 6.08 Å². The summed E-state index contributed by atoms with van der Waals surface area (Å²) in [4.78, 5) is 37.9. The predicted octanol–water partition coefficient (Wildman–Crippen LogP) is 8.19. The van der Waals surface area contributed by atoms with Crippen LogP contribution in [0.25, 0.3) is 6.08 Å². The Morgan fingerprint density at radius 2 is 1.52 bits per heavy atom.